The zero-order chi connectivity index (χ0) is 13.2. The fourth-order valence-electron chi connectivity index (χ4n) is 1.35. The van der Waals surface area contributed by atoms with Gasteiger partial charge in [-0.25, -0.2) is 0 Å². The van der Waals surface area contributed by atoms with Crippen molar-refractivity contribution in [1.29, 1.82) is 0 Å². The molecule has 0 saturated heterocycles. The van der Waals surface area contributed by atoms with Crippen LogP contribution in [0.25, 0.3) is 0 Å². The highest BCUT2D eigenvalue weighted by Gasteiger charge is 2.33. The van der Waals surface area contributed by atoms with Crippen LogP contribution in [0.1, 0.15) is 11.4 Å². The van der Waals surface area contributed by atoms with Crippen molar-refractivity contribution in [3.63, 3.8) is 0 Å². The van der Waals surface area contributed by atoms with E-state index in [2.05, 4.69) is 25.9 Å². The first-order chi connectivity index (χ1) is 8.47. The van der Waals surface area contributed by atoms with Crippen molar-refractivity contribution in [2.45, 2.75) is 12.7 Å². The van der Waals surface area contributed by atoms with Gasteiger partial charge in [0.15, 0.2) is 5.82 Å². The monoisotopic (exact) mass is 258 g/mol. The number of rotatable bonds is 3. The predicted molar refractivity (Wildman–Crippen MR) is 57.4 cm³/mol. The molecule has 0 aliphatic carbocycles. The fraction of sp³-hybridized carbons (Fsp3) is 0.222. The number of anilines is 2. The SMILES string of the molecule is Nc1ccc(NCc2nn[nH]n2)cc1C(F)(F)F. The van der Waals surface area contributed by atoms with Crippen LogP contribution in [0.3, 0.4) is 0 Å². The Morgan fingerprint density at radius 2 is 2.11 bits per heavy atom. The minimum absolute atomic E-state index is 0.164. The van der Waals surface area contributed by atoms with Crippen LogP contribution < -0.4 is 11.1 Å². The van der Waals surface area contributed by atoms with E-state index in [1.807, 2.05) is 0 Å². The van der Waals surface area contributed by atoms with E-state index in [-0.39, 0.29) is 17.9 Å². The molecule has 1 aromatic carbocycles. The lowest BCUT2D eigenvalue weighted by atomic mass is 10.1. The van der Waals surface area contributed by atoms with Crippen molar-refractivity contribution in [2.75, 3.05) is 11.1 Å². The van der Waals surface area contributed by atoms with E-state index in [1.54, 1.807) is 0 Å². The molecule has 4 N–H and O–H groups in total. The van der Waals surface area contributed by atoms with Gasteiger partial charge < -0.3 is 11.1 Å². The normalized spacial score (nSPS) is 11.5. The summed E-state index contributed by atoms with van der Waals surface area (Å²) in [6.45, 7) is 0.164. The molecule has 0 bridgehead atoms. The first kappa shape index (κ1) is 12.1. The first-order valence-electron chi connectivity index (χ1n) is 4.90. The molecule has 96 valence electrons. The molecule has 1 aromatic heterocycles. The van der Waals surface area contributed by atoms with Gasteiger partial charge in [-0.3, -0.25) is 0 Å². The first-order valence-corrected chi connectivity index (χ1v) is 4.90. The summed E-state index contributed by atoms with van der Waals surface area (Å²) >= 11 is 0. The number of alkyl halides is 3. The summed E-state index contributed by atoms with van der Waals surface area (Å²) in [6.07, 6.45) is -4.48. The maximum Gasteiger partial charge on any atom is 0.418 e. The smallest absolute Gasteiger partial charge is 0.398 e. The number of aromatic nitrogens is 4. The standard InChI is InChI=1S/C9H9F3N6/c10-9(11,12)6-3-5(1-2-7(6)13)14-4-8-15-17-18-16-8/h1-3,14H,4,13H2,(H,15,16,17,18). The molecule has 0 atom stereocenters. The Bertz CT molecular complexity index is 522. The number of benzene rings is 1. The number of halogens is 3. The minimum Gasteiger partial charge on any atom is -0.398 e. The summed E-state index contributed by atoms with van der Waals surface area (Å²) in [5, 5.41) is 15.6. The fourth-order valence-corrected chi connectivity index (χ4v) is 1.35. The van der Waals surface area contributed by atoms with Crippen LogP contribution >= 0.6 is 0 Å². The van der Waals surface area contributed by atoms with E-state index in [1.165, 1.54) is 12.1 Å². The van der Waals surface area contributed by atoms with Crippen LogP contribution in [0.15, 0.2) is 18.2 Å². The third-order valence-corrected chi connectivity index (χ3v) is 2.20. The number of H-pyrrole nitrogens is 1. The van der Waals surface area contributed by atoms with Gasteiger partial charge >= 0.3 is 6.18 Å². The van der Waals surface area contributed by atoms with E-state index in [4.69, 9.17) is 5.73 Å². The van der Waals surface area contributed by atoms with Crippen LogP contribution in [0.4, 0.5) is 24.5 Å². The lowest BCUT2D eigenvalue weighted by molar-refractivity contribution is -0.136. The van der Waals surface area contributed by atoms with Gasteiger partial charge in [0.25, 0.3) is 0 Å². The second kappa shape index (κ2) is 4.51. The van der Waals surface area contributed by atoms with Crippen molar-refractivity contribution in [1.82, 2.24) is 20.6 Å². The topological polar surface area (TPSA) is 92.5 Å². The summed E-state index contributed by atoms with van der Waals surface area (Å²) in [7, 11) is 0. The van der Waals surface area contributed by atoms with E-state index in [0.29, 0.717) is 5.82 Å². The average Bonchev–Trinajstić information content (AvgIpc) is 2.79. The van der Waals surface area contributed by atoms with E-state index < -0.39 is 11.7 Å². The number of nitrogens with one attached hydrogen (secondary N) is 2. The summed E-state index contributed by atoms with van der Waals surface area (Å²) in [5.74, 6) is 0.348. The molecule has 0 amide bonds. The van der Waals surface area contributed by atoms with E-state index in [9.17, 15) is 13.2 Å². The molecule has 0 aliphatic rings. The molecule has 0 saturated carbocycles. The molecule has 0 spiro atoms. The maximum absolute atomic E-state index is 12.6. The Morgan fingerprint density at radius 1 is 1.33 bits per heavy atom. The maximum atomic E-state index is 12.6. The van der Waals surface area contributed by atoms with Crippen LogP contribution in [-0.2, 0) is 12.7 Å². The second-order valence-electron chi connectivity index (χ2n) is 3.48. The van der Waals surface area contributed by atoms with Crippen LogP contribution in [0, 0.1) is 0 Å². The van der Waals surface area contributed by atoms with Crippen molar-refractivity contribution in [2.24, 2.45) is 0 Å². The van der Waals surface area contributed by atoms with Gasteiger partial charge in [-0.15, -0.1) is 10.2 Å². The number of tetrazole rings is 1. The molecule has 0 unspecified atom stereocenters. The summed E-state index contributed by atoms with van der Waals surface area (Å²) in [4.78, 5) is 0. The number of nitrogens with zero attached hydrogens (tertiary/aromatic N) is 3. The van der Waals surface area contributed by atoms with Gasteiger partial charge in [0.05, 0.1) is 12.1 Å². The number of nitrogens with two attached hydrogens (primary N) is 1. The van der Waals surface area contributed by atoms with Crippen LogP contribution in [0.2, 0.25) is 0 Å². The van der Waals surface area contributed by atoms with Gasteiger partial charge in [0, 0.05) is 11.4 Å². The van der Waals surface area contributed by atoms with Gasteiger partial charge in [-0.05, 0) is 18.2 Å². The average molecular weight is 258 g/mol. The predicted octanol–water partition coefficient (Wildman–Crippen LogP) is 1.41. The summed E-state index contributed by atoms with van der Waals surface area (Å²) in [5.41, 5.74) is 4.37. The summed E-state index contributed by atoms with van der Waals surface area (Å²) in [6, 6.07) is 3.58. The lowest BCUT2D eigenvalue weighted by Crippen LogP contribution is -2.10. The highest BCUT2D eigenvalue weighted by molar-refractivity contribution is 5.58. The molecule has 2 rings (SSSR count). The third-order valence-electron chi connectivity index (χ3n) is 2.20. The Balaban J connectivity index is 2.15. The van der Waals surface area contributed by atoms with Gasteiger partial charge in [0.1, 0.15) is 0 Å². The third kappa shape index (κ3) is 2.67. The molecule has 0 fully saturated rings. The van der Waals surface area contributed by atoms with Gasteiger partial charge in [-0.1, -0.05) is 5.21 Å². The number of nitrogen functional groups attached to an aromatic ring is 1. The van der Waals surface area contributed by atoms with Crippen LogP contribution in [0.5, 0.6) is 0 Å². The molecule has 6 nitrogen and oxygen atoms in total. The van der Waals surface area contributed by atoms with Crippen LogP contribution in [-0.4, -0.2) is 20.6 Å². The molecule has 2 aromatic rings. The Labute approximate surface area is 99.4 Å². The molecule has 0 aliphatic heterocycles. The Hall–Kier alpha value is -2.32. The second-order valence-corrected chi connectivity index (χ2v) is 3.48. The van der Waals surface area contributed by atoms with Crippen molar-refractivity contribution < 1.29 is 13.2 Å². The molecule has 9 heteroatoms. The molecule has 18 heavy (non-hydrogen) atoms. The lowest BCUT2D eigenvalue weighted by Gasteiger charge is -2.12. The molecule has 1 heterocycles. The zero-order valence-corrected chi connectivity index (χ0v) is 8.99. The number of aromatic amines is 1. The van der Waals surface area contributed by atoms with Gasteiger partial charge in [-0.2, -0.15) is 18.4 Å². The summed E-state index contributed by atoms with van der Waals surface area (Å²) < 4.78 is 37.8. The Kier molecular flexibility index (Phi) is 3.04. The van der Waals surface area contributed by atoms with Crippen molar-refractivity contribution >= 4 is 11.4 Å². The molecule has 0 radical (unpaired) electrons. The van der Waals surface area contributed by atoms with E-state index >= 15 is 0 Å². The van der Waals surface area contributed by atoms with Crippen molar-refractivity contribution in [3.8, 4) is 0 Å². The highest BCUT2D eigenvalue weighted by Crippen LogP contribution is 2.35. The van der Waals surface area contributed by atoms with Gasteiger partial charge in [0.2, 0.25) is 0 Å². The zero-order valence-electron chi connectivity index (χ0n) is 8.99. The Morgan fingerprint density at radius 3 is 2.72 bits per heavy atom. The minimum atomic E-state index is -4.48. The highest BCUT2D eigenvalue weighted by atomic mass is 19.4. The largest absolute Gasteiger partial charge is 0.418 e. The molecular weight excluding hydrogens is 249 g/mol. The van der Waals surface area contributed by atoms with E-state index in [0.717, 1.165) is 6.07 Å². The number of hydrogen-bond donors (Lipinski definition) is 3. The van der Waals surface area contributed by atoms with Crippen molar-refractivity contribution in [3.05, 3.63) is 29.6 Å². The number of hydrogen-bond acceptors (Lipinski definition) is 5. The molecular formula is C9H9F3N6. The quantitative estimate of drug-likeness (QED) is 0.724.